The number of aromatic nitrogens is 1. The van der Waals surface area contributed by atoms with Gasteiger partial charge in [-0.05, 0) is 48.9 Å². The zero-order chi connectivity index (χ0) is 23.3. The van der Waals surface area contributed by atoms with Crippen LogP contribution in [0.3, 0.4) is 0 Å². The standard InChI is InChI=1S/C21H16F3N3O4S/c1-13-19(28)27(15-6-8-16(9-7-15)32(30,31)21(22,23)24)20(29)26(13)12-14-10-11-25-18-5-3-2-4-17(14)18/h2-11,13H,12H2,1H3/t13-/m1/s1. The second-order valence-corrected chi connectivity index (χ2v) is 9.13. The number of pyridine rings is 1. The number of imide groups is 1. The number of para-hydroxylation sites is 1. The number of nitrogens with zero attached hydrogens (tertiary/aromatic N) is 3. The lowest BCUT2D eigenvalue weighted by molar-refractivity contribution is -0.119. The average Bonchev–Trinajstić information content (AvgIpc) is 2.96. The van der Waals surface area contributed by atoms with Crippen molar-refractivity contribution in [2.45, 2.75) is 29.9 Å². The van der Waals surface area contributed by atoms with Gasteiger partial charge in [-0.3, -0.25) is 9.78 Å². The molecule has 0 bridgehead atoms. The predicted molar refractivity (Wildman–Crippen MR) is 109 cm³/mol. The summed E-state index contributed by atoms with van der Waals surface area (Å²) in [5.74, 6) is -0.570. The van der Waals surface area contributed by atoms with Gasteiger partial charge in [-0.25, -0.2) is 18.1 Å². The lowest BCUT2D eigenvalue weighted by Crippen LogP contribution is -2.33. The number of alkyl halides is 3. The summed E-state index contributed by atoms with van der Waals surface area (Å²) in [4.78, 5) is 31.3. The molecule has 11 heteroatoms. The van der Waals surface area contributed by atoms with E-state index in [1.54, 1.807) is 19.2 Å². The zero-order valence-electron chi connectivity index (χ0n) is 16.6. The third-order valence-electron chi connectivity index (χ3n) is 5.27. The van der Waals surface area contributed by atoms with Gasteiger partial charge in [0.15, 0.2) is 0 Å². The van der Waals surface area contributed by atoms with Gasteiger partial charge in [-0.15, -0.1) is 0 Å². The molecule has 166 valence electrons. The molecular formula is C21H16F3N3O4S. The Morgan fingerprint density at radius 1 is 1.00 bits per heavy atom. The van der Waals surface area contributed by atoms with Crippen molar-refractivity contribution in [2.75, 3.05) is 4.90 Å². The third kappa shape index (κ3) is 3.48. The molecule has 0 N–H and O–H groups in total. The van der Waals surface area contributed by atoms with Crippen molar-refractivity contribution in [3.63, 3.8) is 0 Å². The SMILES string of the molecule is C[C@@H]1C(=O)N(c2ccc(S(=O)(=O)C(F)(F)F)cc2)C(=O)N1Cc1ccnc2ccccc12. The Hall–Kier alpha value is -3.47. The molecule has 1 saturated heterocycles. The number of rotatable bonds is 4. The van der Waals surface area contributed by atoms with Crippen LogP contribution in [0.1, 0.15) is 12.5 Å². The highest BCUT2D eigenvalue weighted by molar-refractivity contribution is 7.92. The fourth-order valence-corrected chi connectivity index (χ4v) is 4.30. The van der Waals surface area contributed by atoms with Gasteiger partial charge >= 0.3 is 11.5 Å². The van der Waals surface area contributed by atoms with Crippen LogP contribution in [0.15, 0.2) is 65.7 Å². The smallest absolute Gasteiger partial charge is 0.308 e. The van der Waals surface area contributed by atoms with Crippen LogP contribution >= 0.6 is 0 Å². The molecule has 0 spiro atoms. The number of fused-ring (bicyclic) bond motifs is 1. The third-order valence-corrected chi connectivity index (χ3v) is 6.77. The predicted octanol–water partition coefficient (Wildman–Crippen LogP) is 3.89. The van der Waals surface area contributed by atoms with E-state index in [1.807, 2.05) is 24.3 Å². The van der Waals surface area contributed by atoms with Crippen molar-refractivity contribution < 1.29 is 31.2 Å². The topological polar surface area (TPSA) is 87.7 Å². The second-order valence-electron chi connectivity index (χ2n) is 7.19. The van der Waals surface area contributed by atoms with Crippen LogP contribution in [0.5, 0.6) is 0 Å². The molecule has 1 atom stereocenters. The Balaban J connectivity index is 1.63. The molecule has 0 radical (unpaired) electrons. The van der Waals surface area contributed by atoms with Gasteiger partial charge in [0.1, 0.15) is 6.04 Å². The molecule has 1 fully saturated rings. The summed E-state index contributed by atoms with van der Waals surface area (Å²) in [6.45, 7) is 1.66. The van der Waals surface area contributed by atoms with Gasteiger partial charge in [0.05, 0.1) is 16.1 Å². The molecule has 1 aliphatic heterocycles. The van der Waals surface area contributed by atoms with E-state index in [0.29, 0.717) is 0 Å². The molecule has 7 nitrogen and oxygen atoms in total. The molecular weight excluding hydrogens is 447 g/mol. The number of carbonyl (C=O) groups is 2. The Bertz CT molecular complexity index is 1320. The lowest BCUT2D eigenvalue weighted by atomic mass is 10.1. The van der Waals surface area contributed by atoms with E-state index in [4.69, 9.17) is 0 Å². The van der Waals surface area contributed by atoms with Crippen molar-refractivity contribution in [2.24, 2.45) is 0 Å². The maximum absolute atomic E-state index is 13.0. The van der Waals surface area contributed by atoms with E-state index in [1.165, 1.54) is 4.90 Å². The first-order valence-electron chi connectivity index (χ1n) is 9.41. The quantitative estimate of drug-likeness (QED) is 0.548. The number of carbonyl (C=O) groups excluding carboxylic acids is 2. The molecule has 4 rings (SSSR count). The molecule has 32 heavy (non-hydrogen) atoms. The van der Waals surface area contributed by atoms with E-state index in [9.17, 15) is 31.2 Å². The fourth-order valence-electron chi connectivity index (χ4n) is 3.54. The number of benzene rings is 2. The van der Waals surface area contributed by atoms with Crippen molar-refractivity contribution in [3.05, 3.63) is 66.4 Å². The molecule has 0 saturated carbocycles. The Kier molecular flexibility index (Phi) is 5.16. The number of halogens is 3. The highest BCUT2D eigenvalue weighted by Gasteiger charge is 2.47. The van der Waals surface area contributed by atoms with E-state index in [0.717, 1.165) is 45.6 Å². The monoisotopic (exact) mass is 463 g/mol. The minimum atomic E-state index is -5.53. The molecule has 3 aromatic rings. The van der Waals surface area contributed by atoms with E-state index < -0.39 is 38.2 Å². The van der Waals surface area contributed by atoms with Crippen molar-refractivity contribution in [3.8, 4) is 0 Å². The van der Waals surface area contributed by atoms with Crippen LogP contribution in [0.2, 0.25) is 0 Å². The highest BCUT2D eigenvalue weighted by atomic mass is 32.2. The minimum absolute atomic E-state index is 0.0185. The summed E-state index contributed by atoms with van der Waals surface area (Å²) in [6.07, 6.45) is 1.60. The molecule has 2 aromatic carbocycles. The summed E-state index contributed by atoms with van der Waals surface area (Å²) in [5.41, 5.74) is -3.96. The van der Waals surface area contributed by atoms with Crippen LogP contribution in [-0.4, -0.2) is 41.8 Å². The summed E-state index contributed by atoms with van der Waals surface area (Å²) in [5, 5.41) is 0.822. The highest BCUT2D eigenvalue weighted by Crippen LogP contribution is 2.33. The average molecular weight is 463 g/mol. The first-order valence-corrected chi connectivity index (χ1v) is 10.9. The van der Waals surface area contributed by atoms with Gasteiger partial charge in [0.2, 0.25) is 0 Å². The molecule has 0 aliphatic carbocycles. The first kappa shape index (κ1) is 21.8. The van der Waals surface area contributed by atoms with Crippen LogP contribution in [-0.2, 0) is 21.2 Å². The zero-order valence-corrected chi connectivity index (χ0v) is 17.4. The van der Waals surface area contributed by atoms with Gasteiger partial charge in [-0.2, -0.15) is 13.2 Å². The number of anilines is 1. The maximum atomic E-state index is 13.0. The summed E-state index contributed by atoms with van der Waals surface area (Å²) < 4.78 is 61.3. The summed E-state index contributed by atoms with van der Waals surface area (Å²) >= 11 is 0. The van der Waals surface area contributed by atoms with Crippen molar-refractivity contribution in [1.29, 1.82) is 0 Å². The fraction of sp³-hybridized carbons (Fsp3) is 0.190. The normalized spacial score (nSPS) is 17.4. The largest absolute Gasteiger partial charge is 0.501 e. The van der Waals surface area contributed by atoms with E-state index in [-0.39, 0.29) is 12.2 Å². The molecule has 3 amide bonds. The van der Waals surface area contributed by atoms with Crippen molar-refractivity contribution in [1.82, 2.24) is 9.88 Å². The van der Waals surface area contributed by atoms with Crippen LogP contribution in [0.4, 0.5) is 23.7 Å². The molecule has 1 aromatic heterocycles. The number of hydrogen-bond acceptors (Lipinski definition) is 5. The maximum Gasteiger partial charge on any atom is 0.501 e. The van der Waals surface area contributed by atoms with Crippen molar-refractivity contribution >= 4 is 38.4 Å². The van der Waals surface area contributed by atoms with Gasteiger partial charge in [-0.1, -0.05) is 18.2 Å². The van der Waals surface area contributed by atoms with Crippen LogP contribution in [0.25, 0.3) is 10.9 Å². The first-order chi connectivity index (χ1) is 15.0. The number of hydrogen-bond donors (Lipinski definition) is 0. The Labute approximate surface area is 181 Å². The molecule has 0 unspecified atom stereocenters. The lowest BCUT2D eigenvalue weighted by Gasteiger charge is -2.20. The minimum Gasteiger partial charge on any atom is -0.308 e. The van der Waals surface area contributed by atoms with Crippen LogP contribution < -0.4 is 4.90 Å². The van der Waals surface area contributed by atoms with E-state index >= 15 is 0 Å². The van der Waals surface area contributed by atoms with Gasteiger partial charge < -0.3 is 4.90 Å². The summed E-state index contributed by atoms with van der Waals surface area (Å²) in [7, 11) is -5.53. The van der Waals surface area contributed by atoms with Crippen LogP contribution in [0, 0.1) is 0 Å². The number of urea groups is 1. The number of sulfone groups is 1. The number of amides is 3. The van der Waals surface area contributed by atoms with Gasteiger partial charge in [0, 0.05) is 18.1 Å². The van der Waals surface area contributed by atoms with E-state index in [2.05, 4.69) is 4.98 Å². The Morgan fingerprint density at radius 2 is 1.66 bits per heavy atom. The molecule has 2 heterocycles. The summed E-state index contributed by atoms with van der Waals surface area (Å²) in [6, 6.07) is 11.1. The molecule has 1 aliphatic rings. The second kappa shape index (κ2) is 7.59. The van der Waals surface area contributed by atoms with Gasteiger partial charge in [0.25, 0.3) is 15.7 Å². The Morgan fingerprint density at radius 3 is 2.31 bits per heavy atom.